The van der Waals surface area contributed by atoms with Crippen LogP contribution in [0.4, 0.5) is 5.95 Å². The summed E-state index contributed by atoms with van der Waals surface area (Å²) in [7, 11) is 2.16. The lowest BCUT2D eigenvalue weighted by atomic mass is 10.2. The first kappa shape index (κ1) is 10.9. The number of fused-ring (bicyclic) bond motifs is 1. The third-order valence-corrected chi connectivity index (χ3v) is 3.67. The van der Waals surface area contributed by atoms with Crippen LogP contribution in [-0.2, 0) is 13.1 Å². The molecule has 0 aromatic carbocycles. The predicted molar refractivity (Wildman–Crippen MR) is 67.0 cm³/mol. The average molecular weight is 233 g/mol. The summed E-state index contributed by atoms with van der Waals surface area (Å²) in [6.45, 7) is 8.15. The van der Waals surface area contributed by atoms with Gasteiger partial charge in [-0.3, -0.25) is 0 Å². The SMILES string of the molecule is Cc1nc(N2CCN(C)CC2)nc2c1CNC2. The van der Waals surface area contributed by atoms with Gasteiger partial charge in [0.1, 0.15) is 0 Å². The van der Waals surface area contributed by atoms with Crippen molar-refractivity contribution < 1.29 is 0 Å². The van der Waals surface area contributed by atoms with Gasteiger partial charge in [-0.05, 0) is 14.0 Å². The van der Waals surface area contributed by atoms with Gasteiger partial charge in [-0.2, -0.15) is 0 Å². The summed E-state index contributed by atoms with van der Waals surface area (Å²) < 4.78 is 0. The summed E-state index contributed by atoms with van der Waals surface area (Å²) in [6.07, 6.45) is 0. The molecule has 2 aliphatic rings. The van der Waals surface area contributed by atoms with Crippen LogP contribution in [0.15, 0.2) is 0 Å². The summed E-state index contributed by atoms with van der Waals surface area (Å²) >= 11 is 0. The summed E-state index contributed by atoms with van der Waals surface area (Å²) in [5, 5.41) is 3.34. The summed E-state index contributed by atoms with van der Waals surface area (Å²) in [5.41, 5.74) is 3.61. The van der Waals surface area contributed by atoms with Crippen molar-refractivity contribution >= 4 is 5.95 Å². The fraction of sp³-hybridized carbons (Fsp3) is 0.667. The predicted octanol–water partition coefficient (Wildman–Crippen LogP) is 0.140. The van der Waals surface area contributed by atoms with Gasteiger partial charge in [-0.15, -0.1) is 0 Å². The monoisotopic (exact) mass is 233 g/mol. The summed E-state index contributed by atoms with van der Waals surface area (Å²) in [5.74, 6) is 0.915. The molecule has 0 saturated carbocycles. The van der Waals surface area contributed by atoms with Gasteiger partial charge in [0, 0.05) is 50.5 Å². The number of aromatic nitrogens is 2. The zero-order chi connectivity index (χ0) is 11.8. The maximum atomic E-state index is 4.70. The normalized spacial score (nSPS) is 20.7. The Balaban J connectivity index is 1.86. The molecular weight excluding hydrogens is 214 g/mol. The standard InChI is InChI=1S/C12H19N5/c1-9-10-7-13-8-11(10)15-12(14-9)17-5-3-16(2)4-6-17/h13H,3-8H2,1-2H3. The van der Waals surface area contributed by atoms with Gasteiger partial charge in [0.25, 0.3) is 0 Å². The van der Waals surface area contributed by atoms with Crippen molar-refractivity contribution in [3.63, 3.8) is 0 Å². The molecule has 0 amide bonds. The van der Waals surface area contributed by atoms with Gasteiger partial charge >= 0.3 is 0 Å². The van der Waals surface area contributed by atoms with Crippen LogP contribution in [0.25, 0.3) is 0 Å². The van der Waals surface area contributed by atoms with Crippen molar-refractivity contribution in [3.8, 4) is 0 Å². The van der Waals surface area contributed by atoms with Gasteiger partial charge in [0.05, 0.1) is 5.69 Å². The highest BCUT2D eigenvalue weighted by Gasteiger charge is 2.21. The number of anilines is 1. The van der Waals surface area contributed by atoms with Crippen LogP contribution in [0, 0.1) is 6.92 Å². The molecule has 5 nitrogen and oxygen atoms in total. The number of aryl methyl sites for hydroxylation is 1. The lowest BCUT2D eigenvalue weighted by molar-refractivity contribution is 0.311. The van der Waals surface area contributed by atoms with E-state index >= 15 is 0 Å². The second-order valence-electron chi connectivity index (χ2n) is 4.93. The highest BCUT2D eigenvalue weighted by atomic mass is 15.3. The van der Waals surface area contributed by atoms with Crippen LogP contribution in [0.1, 0.15) is 17.0 Å². The van der Waals surface area contributed by atoms with E-state index in [4.69, 9.17) is 4.98 Å². The largest absolute Gasteiger partial charge is 0.338 e. The highest BCUT2D eigenvalue weighted by molar-refractivity contribution is 5.38. The van der Waals surface area contributed by atoms with Gasteiger partial charge in [0.2, 0.25) is 5.95 Å². The van der Waals surface area contributed by atoms with Crippen LogP contribution in [-0.4, -0.2) is 48.1 Å². The Bertz CT molecular complexity index is 423. The summed E-state index contributed by atoms with van der Waals surface area (Å²) in [6, 6.07) is 0. The maximum absolute atomic E-state index is 4.70. The van der Waals surface area contributed by atoms with Crippen molar-refractivity contribution in [3.05, 3.63) is 17.0 Å². The second kappa shape index (κ2) is 4.23. The minimum absolute atomic E-state index is 0.888. The van der Waals surface area contributed by atoms with E-state index in [0.29, 0.717) is 0 Å². The molecule has 17 heavy (non-hydrogen) atoms. The van der Waals surface area contributed by atoms with Crippen molar-refractivity contribution in [2.75, 3.05) is 38.1 Å². The zero-order valence-electron chi connectivity index (χ0n) is 10.5. The van der Waals surface area contributed by atoms with E-state index in [1.54, 1.807) is 0 Å². The number of piperazine rings is 1. The quantitative estimate of drug-likeness (QED) is 0.747. The number of nitrogens with one attached hydrogen (secondary N) is 1. The Hall–Kier alpha value is -1.20. The lowest BCUT2D eigenvalue weighted by Crippen LogP contribution is -2.45. The molecule has 0 aliphatic carbocycles. The van der Waals surface area contributed by atoms with Crippen molar-refractivity contribution in [2.24, 2.45) is 0 Å². The second-order valence-corrected chi connectivity index (χ2v) is 4.93. The molecular formula is C12H19N5. The van der Waals surface area contributed by atoms with E-state index in [0.717, 1.165) is 50.9 Å². The van der Waals surface area contributed by atoms with Crippen molar-refractivity contribution in [1.82, 2.24) is 20.2 Å². The smallest absolute Gasteiger partial charge is 0.225 e. The first-order valence-corrected chi connectivity index (χ1v) is 6.24. The van der Waals surface area contributed by atoms with Crippen molar-refractivity contribution in [2.45, 2.75) is 20.0 Å². The van der Waals surface area contributed by atoms with Gasteiger partial charge in [0.15, 0.2) is 0 Å². The highest BCUT2D eigenvalue weighted by Crippen LogP contribution is 2.20. The van der Waals surface area contributed by atoms with E-state index in [9.17, 15) is 0 Å². The zero-order valence-corrected chi connectivity index (χ0v) is 10.5. The van der Waals surface area contributed by atoms with Crippen LogP contribution >= 0.6 is 0 Å². The fourth-order valence-electron chi connectivity index (χ4n) is 2.47. The molecule has 1 saturated heterocycles. The molecule has 1 fully saturated rings. The molecule has 1 aromatic rings. The molecule has 1 N–H and O–H groups in total. The van der Waals surface area contributed by atoms with E-state index < -0.39 is 0 Å². The van der Waals surface area contributed by atoms with E-state index in [-0.39, 0.29) is 0 Å². The third kappa shape index (κ3) is 2.00. The molecule has 3 rings (SSSR count). The summed E-state index contributed by atoms with van der Waals surface area (Å²) in [4.78, 5) is 14.0. The minimum Gasteiger partial charge on any atom is -0.338 e. The first-order chi connectivity index (χ1) is 8.24. The van der Waals surface area contributed by atoms with Crippen LogP contribution in [0.3, 0.4) is 0 Å². The molecule has 0 bridgehead atoms. The van der Waals surface area contributed by atoms with E-state index in [2.05, 4.69) is 34.1 Å². The molecule has 0 radical (unpaired) electrons. The van der Waals surface area contributed by atoms with Gasteiger partial charge < -0.3 is 15.1 Å². The number of hydrogen-bond acceptors (Lipinski definition) is 5. The first-order valence-electron chi connectivity index (χ1n) is 6.24. The van der Waals surface area contributed by atoms with Gasteiger partial charge in [-0.25, -0.2) is 9.97 Å². The van der Waals surface area contributed by atoms with E-state index in [1.807, 2.05) is 0 Å². The number of nitrogens with zero attached hydrogens (tertiary/aromatic N) is 4. The van der Waals surface area contributed by atoms with Crippen molar-refractivity contribution in [1.29, 1.82) is 0 Å². The topological polar surface area (TPSA) is 44.3 Å². The molecule has 5 heteroatoms. The van der Waals surface area contributed by atoms with E-state index in [1.165, 1.54) is 11.3 Å². The number of likely N-dealkylation sites (N-methyl/N-ethyl adjacent to an activating group) is 1. The van der Waals surface area contributed by atoms with Gasteiger partial charge in [-0.1, -0.05) is 0 Å². The molecule has 0 spiro atoms. The Kier molecular flexibility index (Phi) is 2.72. The molecule has 1 aromatic heterocycles. The molecule has 0 unspecified atom stereocenters. The Morgan fingerprint density at radius 1 is 1.06 bits per heavy atom. The van der Waals surface area contributed by atoms with Crippen LogP contribution < -0.4 is 10.2 Å². The number of rotatable bonds is 1. The third-order valence-electron chi connectivity index (χ3n) is 3.67. The Morgan fingerprint density at radius 2 is 1.82 bits per heavy atom. The molecule has 0 atom stereocenters. The fourth-order valence-corrected chi connectivity index (χ4v) is 2.47. The molecule has 3 heterocycles. The van der Waals surface area contributed by atoms with Crippen LogP contribution in [0.5, 0.6) is 0 Å². The number of hydrogen-bond donors (Lipinski definition) is 1. The maximum Gasteiger partial charge on any atom is 0.225 e. The lowest BCUT2D eigenvalue weighted by Gasteiger charge is -2.32. The molecule has 2 aliphatic heterocycles. The Labute approximate surface area is 102 Å². The average Bonchev–Trinajstić information content (AvgIpc) is 2.78. The van der Waals surface area contributed by atoms with Crippen LogP contribution in [0.2, 0.25) is 0 Å². The molecule has 92 valence electrons. The minimum atomic E-state index is 0.888. The Morgan fingerprint density at radius 3 is 2.59 bits per heavy atom.